The number of rotatable bonds is 1. The van der Waals surface area contributed by atoms with Crippen LogP contribution in [-0.2, 0) is 0 Å². The first-order valence-corrected chi connectivity index (χ1v) is 7.50. The van der Waals surface area contributed by atoms with Crippen molar-refractivity contribution in [1.29, 1.82) is 0 Å². The molecule has 2 aliphatic heterocycles. The standard InChI is InChI=1S/C16H17FN4O/c1-20-6-10-8-21(9-11(10)7-20)16(22)12-4-14-15(5-13(12)17)19-3-2-18-14/h2-5,10-11H,6-9H2,1H3/t10-,11+. The summed E-state index contributed by atoms with van der Waals surface area (Å²) in [6, 6.07) is 2.81. The summed E-state index contributed by atoms with van der Waals surface area (Å²) >= 11 is 0. The summed E-state index contributed by atoms with van der Waals surface area (Å²) in [5.74, 6) is 0.267. The molecule has 4 rings (SSSR count). The Bertz CT molecular complexity index is 736. The van der Waals surface area contributed by atoms with E-state index >= 15 is 0 Å². The molecule has 2 fully saturated rings. The van der Waals surface area contributed by atoms with Crippen molar-refractivity contribution in [3.05, 3.63) is 35.9 Å². The van der Waals surface area contributed by atoms with E-state index in [0.29, 0.717) is 36.0 Å². The smallest absolute Gasteiger partial charge is 0.256 e. The fraction of sp³-hybridized carbons (Fsp3) is 0.438. The summed E-state index contributed by atoms with van der Waals surface area (Å²) in [6.07, 6.45) is 3.06. The van der Waals surface area contributed by atoms with Gasteiger partial charge in [-0.05, 0) is 24.9 Å². The van der Waals surface area contributed by atoms with Gasteiger partial charge in [0.1, 0.15) is 5.82 Å². The lowest BCUT2D eigenvalue weighted by atomic mass is 10.0. The number of halogens is 1. The van der Waals surface area contributed by atoms with Gasteiger partial charge in [0.2, 0.25) is 0 Å². The monoisotopic (exact) mass is 300 g/mol. The van der Waals surface area contributed by atoms with Crippen LogP contribution in [0.3, 0.4) is 0 Å². The van der Waals surface area contributed by atoms with Gasteiger partial charge >= 0.3 is 0 Å². The molecule has 22 heavy (non-hydrogen) atoms. The minimum absolute atomic E-state index is 0.0985. The van der Waals surface area contributed by atoms with Crippen molar-refractivity contribution in [3.63, 3.8) is 0 Å². The molecule has 3 heterocycles. The number of nitrogens with zero attached hydrogens (tertiary/aromatic N) is 4. The number of aromatic nitrogens is 2. The number of likely N-dealkylation sites (tertiary alicyclic amines) is 2. The number of benzene rings is 1. The predicted molar refractivity (Wildman–Crippen MR) is 79.9 cm³/mol. The van der Waals surface area contributed by atoms with E-state index in [4.69, 9.17) is 0 Å². The van der Waals surface area contributed by atoms with Crippen LogP contribution in [0, 0.1) is 17.7 Å². The zero-order chi connectivity index (χ0) is 15.3. The summed E-state index contributed by atoms with van der Waals surface area (Å²) in [4.78, 5) is 24.9. The molecule has 2 aliphatic rings. The maximum atomic E-state index is 14.3. The summed E-state index contributed by atoms with van der Waals surface area (Å²) in [5.41, 5.74) is 1.11. The molecule has 5 nitrogen and oxygen atoms in total. The molecule has 0 bridgehead atoms. The van der Waals surface area contributed by atoms with Crippen LogP contribution in [0.4, 0.5) is 4.39 Å². The van der Waals surface area contributed by atoms with Crippen molar-refractivity contribution < 1.29 is 9.18 Å². The highest BCUT2D eigenvalue weighted by atomic mass is 19.1. The van der Waals surface area contributed by atoms with Crippen molar-refractivity contribution in [2.75, 3.05) is 33.2 Å². The largest absolute Gasteiger partial charge is 0.338 e. The Labute approximate surface area is 127 Å². The van der Waals surface area contributed by atoms with Gasteiger partial charge < -0.3 is 9.80 Å². The number of amides is 1. The highest BCUT2D eigenvalue weighted by molar-refractivity contribution is 5.97. The summed E-state index contributed by atoms with van der Waals surface area (Å²) < 4.78 is 14.3. The van der Waals surface area contributed by atoms with Gasteiger partial charge in [-0.1, -0.05) is 0 Å². The third-order valence-electron chi connectivity index (χ3n) is 4.74. The molecule has 1 aromatic heterocycles. The SMILES string of the molecule is CN1C[C@@H]2CN(C(=O)c3cc4nccnc4cc3F)C[C@@H]2C1. The highest BCUT2D eigenvalue weighted by Crippen LogP contribution is 2.31. The number of carbonyl (C=O) groups excluding carboxylic acids is 1. The molecule has 0 N–H and O–H groups in total. The van der Waals surface area contributed by atoms with E-state index in [0.717, 1.165) is 13.1 Å². The van der Waals surface area contributed by atoms with Gasteiger partial charge in [-0.15, -0.1) is 0 Å². The van der Waals surface area contributed by atoms with E-state index in [-0.39, 0.29) is 11.5 Å². The Balaban J connectivity index is 1.62. The number of fused-ring (bicyclic) bond motifs is 2. The lowest BCUT2D eigenvalue weighted by molar-refractivity contribution is 0.0771. The second-order valence-corrected chi connectivity index (χ2v) is 6.33. The lowest BCUT2D eigenvalue weighted by Gasteiger charge is -2.19. The van der Waals surface area contributed by atoms with Crippen LogP contribution in [0.1, 0.15) is 10.4 Å². The van der Waals surface area contributed by atoms with Gasteiger partial charge in [-0.25, -0.2) is 4.39 Å². The van der Waals surface area contributed by atoms with Gasteiger partial charge in [0, 0.05) is 44.6 Å². The van der Waals surface area contributed by atoms with Crippen LogP contribution >= 0.6 is 0 Å². The molecule has 0 unspecified atom stereocenters. The molecule has 2 atom stereocenters. The van der Waals surface area contributed by atoms with Crippen LogP contribution in [0.5, 0.6) is 0 Å². The Kier molecular flexibility index (Phi) is 3.07. The molecule has 0 saturated carbocycles. The topological polar surface area (TPSA) is 49.3 Å². The van der Waals surface area contributed by atoms with Crippen LogP contribution in [0.2, 0.25) is 0 Å². The van der Waals surface area contributed by atoms with Crippen LogP contribution in [-0.4, -0.2) is 58.9 Å². The van der Waals surface area contributed by atoms with Crippen molar-refractivity contribution >= 4 is 16.9 Å². The first kappa shape index (κ1) is 13.6. The van der Waals surface area contributed by atoms with Gasteiger partial charge in [0.15, 0.2) is 0 Å². The zero-order valence-corrected chi connectivity index (χ0v) is 12.4. The second-order valence-electron chi connectivity index (χ2n) is 6.33. The minimum Gasteiger partial charge on any atom is -0.338 e. The Hall–Kier alpha value is -2.08. The quantitative estimate of drug-likeness (QED) is 0.799. The zero-order valence-electron chi connectivity index (χ0n) is 12.4. The van der Waals surface area contributed by atoms with E-state index in [1.165, 1.54) is 18.3 Å². The van der Waals surface area contributed by atoms with Gasteiger partial charge in [0.25, 0.3) is 5.91 Å². The fourth-order valence-electron chi connectivity index (χ4n) is 3.71. The Morgan fingerprint density at radius 2 is 1.68 bits per heavy atom. The molecule has 2 saturated heterocycles. The molecule has 6 heteroatoms. The van der Waals surface area contributed by atoms with E-state index in [1.807, 2.05) is 0 Å². The summed E-state index contributed by atoms with van der Waals surface area (Å²) in [5, 5.41) is 0. The van der Waals surface area contributed by atoms with Crippen LogP contribution in [0.25, 0.3) is 11.0 Å². The maximum Gasteiger partial charge on any atom is 0.256 e. The molecular weight excluding hydrogens is 283 g/mol. The molecule has 0 aliphatic carbocycles. The van der Waals surface area contributed by atoms with Crippen molar-refractivity contribution in [2.24, 2.45) is 11.8 Å². The first-order valence-electron chi connectivity index (χ1n) is 7.50. The van der Waals surface area contributed by atoms with Crippen molar-refractivity contribution in [2.45, 2.75) is 0 Å². The molecule has 0 spiro atoms. The van der Waals surface area contributed by atoms with Gasteiger partial charge in [-0.3, -0.25) is 14.8 Å². The number of hydrogen-bond donors (Lipinski definition) is 0. The van der Waals surface area contributed by atoms with Crippen molar-refractivity contribution in [1.82, 2.24) is 19.8 Å². The average molecular weight is 300 g/mol. The minimum atomic E-state index is -0.521. The molecule has 1 amide bonds. The molecule has 114 valence electrons. The molecular formula is C16H17FN4O. The number of hydrogen-bond acceptors (Lipinski definition) is 4. The van der Waals surface area contributed by atoms with E-state index in [1.54, 1.807) is 11.1 Å². The summed E-state index contributed by atoms with van der Waals surface area (Å²) in [6.45, 7) is 3.46. The molecule has 1 aromatic carbocycles. The lowest BCUT2D eigenvalue weighted by Crippen LogP contribution is -2.32. The van der Waals surface area contributed by atoms with E-state index in [9.17, 15) is 9.18 Å². The Morgan fingerprint density at radius 3 is 2.32 bits per heavy atom. The van der Waals surface area contributed by atoms with Crippen LogP contribution < -0.4 is 0 Å². The third kappa shape index (κ3) is 2.14. The molecule has 2 aromatic rings. The average Bonchev–Trinajstić information content (AvgIpc) is 3.03. The normalized spacial score (nSPS) is 24.9. The second kappa shape index (κ2) is 4.98. The number of carbonyl (C=O) groups is 1. The van der Waals surface area contributed by atoms with Gasteiger partial charge in [-0.2, -0.15) is 0 Å². The predicted octanol–water partition coefficient (Wildman–Crippen LogP) is 1.40. The van der Waals surface area contributed by atoms with E-state index < -0.39 is 5.82 Å². The van der Waals surface area contributed by atoms with Gasteiger partial charge in [0.05, 0.1) is 16.6 Å². The third-order valence-corrected chi connectivity index (χ3v) is 4.74. The van der Waals surface area contributed by atoms with Crippen LogP contribution in [0.15, 0.2) is 24.5 Å². The van der Waals surface area contributed by atoms with E-state index in [2.05, 4.69) is 21.9 Å². The summed E-state index contributed by atoms with van der Waals surface area (Å²) in [7, 11) is 2.10. The van der Waals surface area contributed by atoms with Crippen molar-refractivity contribution in [3.8, 4) is 0 Å². The Morgan fingerprint density at radius 1 is 1.09 bits per heavy atom. The highest BCUT2D eigenvalue weighted by Gasteiger charge is 2.40. The molecule has 0 radical (unpaired) electrons. The first-order chi connectivity index (χ1) is 10.6. The fourth-order valence-corrected chi connectivity index (χ4v) is 3.71. The maximum absolute atomic E-state index is 14.3.